The van der Waals surface area contributed by atoms with Crippen LogP contribution in [0.15, 0.2) is 18.2 Å². The van der Waals surface area contributed by atoms with Gasteiger partial charge in [-0.1, -0.05) is 6.92 Å². The van der Waals surface area contributed by atoms with E-state index in [9.17, 15) is 4.39 Å². The van der Waals surface area contributed by atoms with E-state index in [2.05, 4.69) is 31.0 Å². The number of hydrogen-bond donors (Lipinski definition) is 1. The molecule has 2 aliphatic heterocycles. The Hall–Kier alpha value is -1.13. The van der Waals surface area contributed by atoms with Crippen LogP contribution in [0.25, 0.3) is 0 Å². The highest BCUT2D eigenvalue weighted by molar-refractivity contribution is 5.38. The summed E-state index contributed by atoms with van der Waals surface area (Å²) in [5.74, 6) is 0.677. The van der Waals surface area contributed by atoms with Gasteiger partial charge in [0.15, 0.2) is 0 Å². The maximum atomic E-state index is 13.3. The Bertz CT molecular complexity index is 518. The van der Waals surface area contributed by atoms with Gasteiger partial charge in [-0.05, 0) is 38.5 Å². The molecule has 2 unspecified atom stereocenters. The van der Waals surface area contributed by atoms with E-state index >= 15 is 0 Å². The molecule has 1 aromatic rings. The monoisotopic (exact) mass is 292 g/mol. The van der Waals surface area contributed by atoms with Crippen LogP contribution in [-0.2, 0) is 6.42 Å². The molecule has 4 heteroatoms. The van der Waals surface area contributed by atoms with Crippen molar-refractivity contribution in [1.82, 2.24) is 10.2 Å². The number of rotatable bonds is 3. The van der Waals surface area contributed by atoms with Gasteiger partial charge in [0.2, 0.25) is 0 Å². The fourth-order valence-corrected chi connectivity index (χ4v) is 3.48. The van der Waals surface area contributed by atoms with Crippen molar-refractivity contribution in [3.63, 3.8) is 0 Å². The summed E-state index contributed by atoms with van der Waals surface area (Å²) in [4.78, 5) is 2.53. The van der Waals surface area contributed by atoms with E-state index in [1.165, 1.54) is 6.07 Å². The quantitative estimate of drug-likeness (QED) is 0.927. The van der Waals surface area contributed by atoms with E-state index in [1.807, 2.05) is 0 Å². The van der Waals surface area contributed by atoms with Crippen molar-refractivity contribution >= 4 is 0 Å². The molecule has 2 heterocycles. The highest BCUT2D eigenvalue weighted by atomic mass is 19.1. The lowest BCUT2D eigenvalue weighted by atomic mass is 9.97. The van der Waals surface area contributed by atoms with Crippen molar-refractivity contribution in [1.29, 1.82) is 0 Å². The third-order valence-electron chi connectivity index (χ3n) is 4.60. The zero-order chi connectivity index (χ0) is 15.0. The third-order valence-corrected chi connectivity index (χ3v) is 4.60. The van der Waals surface area contributed by atoms with Crippen molar-refractivity contribution in [2.45, 2.75) is 51.3 Å². The fraction of sp³-hybridized carbons (Fsp3) is 0.647. The maximum absolute atomic E-state index is 13.3. The zero-order valence-electron chi connectivity index (χ0n) is 13.2. The number of piperazine rings is 1. The molecule has 1 N–H and O–H groups in total. The Morgan fingerprint density at radius 2 is 2.24 bits per heavy atom. The van der Waals surface area contributed by atoms with Crippen molar-refractivity contribution in [3.05, 3.63) is 29.6 Å². The van der Waals surface area contributed by atoms with Gasteiger partial charge in [0.25, 0.3) is 0 Å². The Labute approximate surface area is 126 Å². The number of halogens is 1. The fourth-order valence-electron chi connectivity index (χ4n) is 3.48. The summed E-state index contributed by atoms with van der Waals surface area (Å²) in [6, 6.07) is 5.39. The molecule has 0 aliphatic carbocycles. The minimum Gasteiger partial charge on any atom is -0.488 e. The Balaban J connectivity index is 1.66. The second kappa shape index (κ2) is 5.58. The molecule has 2 atom stereocenters. The van der Waals surface area contributed by atoms with Crippen LogP contribution < -0.4 is 10.1 Å². The first-order valence-electron chi connectivity index (χ1n) is 7.91. The second-order valence-electron chi connectivity index (χ2n) is 6.95. The summed E-state index contributed by atoms with van der Waals surface area (Å²) < 4.78 is 19.3. The lowest BCUT2D eigenvalue weighted by Gasteiger charge is -2.45. The smallest absolute Gasteiger partial charge is 0.123 e. The van der Waals surface area contributed by atoms with Crippen LogP contribution in [-0.4, -0.2) is 42.2 Å². The van der Waals surface area contributed by atoms with Crippen molar-refractivity contribution in [2.24, 2.45) is 0 Å². The minimum atomic E-state index is -0.173. The average Bonchev–Trinajstić information content (AvgIpc) is 2.79. The number of fused-ring (bicyclic) bond motifs is 1. The predicted molar refractivity (Wildman–Crippen MR) is 82.3 cm³/mol. The van der Waals surface area contributed by atoms with E-state index in [0.717, 1.165) is 43.8 Å². The van der Waals surface area contributed by atoms with Crippen LogP contribution in [0, 0.1) is 5.82 Å². The van der Waals surface area contributed by atoms with Crippen LogP contribution in [0.4, 0.5) is 4.39 Å². The van der Waals surface area contributed by atoms with Gasteiger partial charge >= 0.3 is 0 Å². The van der Waals surface area contributed by atoms with Gasteiger partial charge in [0.1, 0.15) is 17.7 Å². The number of benzene rings is 1. The third kappa shape index (κ3) is 3.22. The topological polar surface area (TPSA) is 24.5 Å². The molecule has 0 saturated carbocycles. The highest BCUT2D eigenvalue weighted by Crippen LogP contribution is 2.30. The molecule has 2 aliphatic rings. The molecule has 0 bridgehead atoms. The normalized spacial score (nSPS) is 28.2. The summed E-state index contributed by atoms with van der Waals surface area (Å²) in [6.07, 6.45) is 2.09. The minimum absolute atomic E-state index is 0.142. The second-order valence-corrected chi connectivity index (χ2v) is 6.95. The molecule has 0 spiro atoms. The van der Waals surface area contributed by atoms with Crippen LogP contribution in [0.3, 0.4) is 0 Å². The molecule has 21 heavy (non-hydrogen) atoms. The molecule has 0 amide bonds. The SMILES string of the molecule is CCC1CNC(C)(C)CN1CC1Cc2cc(F)ccc2O1. The lowest BCUT2D eigenvalue weighted by molar-refractivity contribution is 0.0563. The van der Waals surface area contributed by atoms with Gasteiger partial charge < -0.3 is 10.1 Å². The molecular weight excluding hydrogens is 267 g/mol. The number of ether oxygens (including phenoxy) is 1. The average molecular weight is 292 g/mol. The van der Waals surface area contributed by atoms with E-state index in [1.54, 1.807) is 12.1 Å². The Kier molecular flexibility index (Phi) is 3.93. The van der Waals surface area contributed by atoms with Gasteiger partial charge in [-0.2, -0.15) is 0 Å². The van der Waals surface area contributed by atoms with Crippen molar-refractivity contribution < 1.29 is 9.13 Å². The molecule has 116 valence electrons. The van der Waals surface area contributed by atoms with Crippen LogP contribution >= 0.6 is 0 Å². The number of hydrogen-bond acceptors (Lipinski definition) is 3. The Morgan fingerprint density at radius 3 is 3.00 bits per heavy atom. The molecule has 1 fully saturated rings. The Morgan fingerprint density at radius 1 is 1.43 bits per heavy atom. The first-order valence-corrected chi connectivity index (χ1v) is 7.91. The molecule has 3 rings (SSSR count). The van der Waals surface area contributed by atoms with E-state index < -0.39 is 0 Å². The lowest BCUT2D eigenvalue weighted by Crippen LogP contribution is -2.62. The molecule has 1 saturated heterocycles. The van der Waals surface area contributed by atoms with Gasteiger partial charge in [-0.3, -0.25) is 4.90 Å². The first kappa shape index (κ1) is 14.8. The van der Waals surface area contributed by atoms with E-state index in [0.29, 0.717) is 6.04 Å². The molecular formula is C17H25FN2O. The maximum Gasteiger partial charge on any atom is 0.123 e. The largest absolute Gasteiger partial charge is 0.488 e. The first-order chi connectivity index (χ1) is 9.97. The zero-order valence-corrected chi connectivity index (χ0v) is 13.2. The molecule has 0 radical (unpaired) electrons. The van der Waals surface area contributed by atoms with Crippen molar-refractivity contribution in [2.75, 3.05) is 19.6 Å². The summed E-state index contributed by atoms with van der Waals surface area (Å²) in [7, 11) is 0. The van der Waals surface area contributed by atoms with E-state index in [-0.39, 0.29) is 17.5 Å². The summed E-state index contributed by atoms with van der Waals surface area (Å²) in [6.45, 7) is 9.68. The van der Waals surface area contributed by atoms with Gasteiger partial charge in [-0.25, -0.2) is 4.39 Å². The van der Waals surface area contributed by atoms with Crippen LogP contribution in [0.1, 0.15) is 32.8 Å². The summed E-state index contributed by atoms with van der Waals surface area (Å²) in [5, 5.41) is 3.61. The van der Waals surface area contributed by atoms with Gasteiger partial charge in [-0.15, -0.1) is 0 Å². The highest BCUT2D eigenvalue weighted by Gasteiger charge is 2.34. The molecule has 3 nitrogen and oxygen atoms in total. The summed E-state index contributed by atoms with van der Waals surface area (Å²) >= 11 is 0. The molecule has 1 aromatic carbocycles. The van der Waals surface area contributed by atoms with E-state index in [4.69, 9.17) is 4.74 Å². The summed E-state index contributed by atoms with van der Waals surface area (Å²) in [5.41, 5.74) is 1.14. The number of nitrogens with zero attached hydrogens (tertiary/aromatic N) is 1. The van der Waals surface area contributed by atoms with Gasteiger partial charge in [0, 0.05) is 43.2 Å². The van der Waals surface area contributed by atoms with Gasteiger partial charge in [0.05, 0.1) is 0 Å². The predicted octanol–water partition coefficient (Wildman–Crippen LogP) is 2.59. The molecule has 0 aromatic heterocycles. The van der Waals surface area contributed by atoms with Crippen LogP contribution in [0.2, 0.25) is 0 Å². The number of nitrogens with one attached hydrogen (secondary N) is 1. The standard InChI is InChI=1S/C17H25FN2O/c1-4-14-9-19-17(2,3)11-20(14)10-15-8-12-7-13(18)5-6-16(12)21-15/h5-7,14-15,19H,4,8-11H2,1-3H3. The van der Waals surface area contributed by atoms with Crippen molar-refractivity contribution in [3.8, 4) is 5.75 Å². The van der Waals surface area contributed by atoms with Crippen LogP contribution in [0.5, 0.6) is 5.75 Å².